The van der Waals surface area contributed by atoms with E-state index in [1.54, 1.807) is 12.1 Å². The van der Waals surface area contributed by atoms with Crippen LogP contribution in [0.3, 0.4) is 0 Å². The van der Waals surface area contributed by atoms with Crippen molar-refractivity contribution in [2.45, 2.75) is 19.8 Å². The fourth-order valence-electron chi connectivity index (χ4n) is 2.02. The number of pyridine rings is 1. The van der Waals surface area contributed by atoms with Crippen LogP contribution in [-0.2, 0) is 6.42 Å². The van der Waals surface area contributed by atoms with E-state index >= 15 is 0 Å². The highest BCUT2D eigenvalue weighted by Gasteiger charge is 2.06. The van der Waals surface area contributed by atoms with E-state index in [1.165, 1.54) is 18.3 Å². The molecule has 1 amide bonds. The summed E-state index contributed by atoms with van der Waals surface area (Å²) >= 11 is 0. The summed E-state index contributed by atoms with van der Waals surface area (Å²) < 4.78 is 26.3. The van der Waals surface area contributed by atoms with Gasteiger partial charge in [-0.25, -0.2) is 13.8 Å². The summed E-state index contributed by atoms with van der Waals surface area (Å²) in [4.78, 5) is 15.9. The molecule has 2 aromatic rings. The average molecular weight is 319 g/mol. The van der Waals surface area contributed by atoms with E-state index in [9.17, 15) is 13.6 Å². The fourth-order valence-corrected chi connectivity index (χ4v) is 2.02. The summed E-state index contributed by atoms with van der Waals surface area (Å²) in [6.45, 7) is 3.06. The predicted octanol–water partition coefficient (Wildman–Crippen LogP) is 3.15. The topological polar surface area (TPSA) is 54.0 Å². The third kappa shape index (κ3) is 5.02. The van der Waals surface area contributed by atoms with Crippen LogP contribution < -0.4 is 10.6 Å². The van der Waals surface area contributed by atoms with Crippen LogP contribution in [0.5, 0.6) is 0 Å². The highest BCUT2D eigenvalue weighted by molar-refractivity contribution is 5.93. The number of hydrogen-bond donors (Lipinski definition) is 2. The third-order valence-corrected chi connectivity index (χ3v) is 3.28. The van der Waals surface area contributed by atoms with Crippen LogP contribution in [0.2, 0.25) is 0 Å². The van der Waals surface area contributed by atoms with Crippen molar-refractivity contribution in [2.75, 3.05) is 18.4 Å². The largest absolute Gasteiger partial charge is 0.370 e. The number of amides is 1. The van der Waals surface area contributed by atoms with Gasteiger partial charge in [-0.1, -0.05) is 13.0 Å². The summed E-state index contributed by atoms with van der Waals surface area (Å²) in [6.07, 6.45) is 2.77. The maximum atomic E-state index is 13.5. The van der Waals surface area contributed by atoms with Gasteiger partial charge in [0.25, 0.3) is 5.91 Å². The molecule has 1 heterocycles. The molecule has 0 aliphatic carbocycles. The van der Waals surface area contributed by atoms with E-state index in [4.69, 9.17) is 0 Å². The lowest BCUT2D eigenvalue weighted by molar-refractivity contribution is 0.0953. The molecule has 122 valence electrons. The van der Waals surface area contributed by atoms with Gasteiger partial charge in [-0.05, 0) is 36.6 Å². The molecule has 2 N–H and O–H groups in total. The molecule has 0 unspecified atom stereocenters. The minimum Gasteiger partial charge on any atom is -0.370 e. The van der Waals surface area contributed by atoms with Crippen LogP contribution in [0.4, 0.5) is 14.6 Å². The Balaban J connectivity index is 1.85. The highest BCUT2D eigenvalue weighted by Crippen LogP contribution is 2.11. The van der Waals surface area contributed by atoms with Gasteiger partial charge in [-0.3, -0.25) is 4.79 Å². The van der Waals surface area contributed by atoms with Gasteiger partial charge in [0.05, 0.1) is 5.56 Å². The average Bonchev–Trinajstić information content (AvgIpc) is 2.55. The van der Waals surface area contributed by atoms with Crippen LogP contribution in [0.1, 0.15) is 29.3 Å². The van der Waals surface area contributed by atoms with Gasteiger partial charge in [-0.15, -0.1) is 0 Å². The minimum absolute atomic E-state index is 0.153. The molecule has 0 aliphatic heterocycles. The van der Waals surface area contributed by atoms with E-state index in [2.05, 4.69) is 15.6 Å². The number of halogens is 2. The van der Waals surface area contributed by atoms with Crippen LogP contribution in [-0.4, -0.2) is 24.0 Å². The zero-order chi connectivity index (χ0) is 16.7. The maximum Gasteiger partial charge on any atom is 0.252 e. The number of hydrogen-bond acceptors (Lipinski definition) is 3. The third-order valence-electron chi connectivity index (χ3n) is 3.28. The zero-order valence-corrected chi connectivity index (χ0v) is 12.9. The van der Waals surface area contributed by atoms with Crippen molar-refractivity contribution in [3.05, 3.63) is 59.3 Å². The minimum atomic E-state index is -0.585. The van der Waals surface area contributed by atoms with Crippen molar-refractivity contribution >= 4 is 11.7 Å². The first-order valence-electron chi connectivity index (χ1n) is 7.52. The molecule has 2 rings (SSSR count). The van der Waals surface area contributed by atoms with Gasteiger partial charge < -0.3 is 10.6 Å². The van der Waals surface area contributed by atoms with Crippen molar-refractivity contribution in [2.24, 2.45) is 0 Å². The number of benzene rings is 1. The van der Waals surface area contributed by atoms with Crippen LogP contribution in [0, 0.1) is 11.6 Å². The lowest BCUT2D eigenvalue weighted by Gasteiger charge is -2.08. The molecule has 6 heteroatoms. The van der Waals surface area contributed by atoms with Gasteiger partial charge >= 0.3 is 0 Å². The van der Waals surface area contributed by atoms with Gasteiger partial charge in [0, 0.05) is 25.4 Å². The molecule has 0 atom stereocenters. The van der Waals surface area contributed by atoms with Gasteiger partial charge in [0.15, 0.2) is 0 Å². The molecule has 1 aromatic heterocycles. The van der Waals surface area contributed by atoms with Crippen molar-refractivity contribution in [3.63, 3.8) is 0 Å². The Kier molecular flexibility index (Phi) is 6.02. The molecule has 1 aromatic carbocycles. The van der Waals surface area contributed by atoms with Gasteiger partial charge in [-0.2, -0.15) is 0 Å². The first-order chi connectivity index (χ1) is 11.1. The molecule has 4 nitrogen and oxygen atoms in total. The molecule has 0 spiro atoms. The summed E-state index contributed by atoms with van der Waals surface area (Å²) in [5.41, 5.74) is 0.933. The molecular formula is C17H19F2N3O. The lowest BCUT2D eigenvalue weighted by Crippen LogP contribution is -2.24. The number of rotatable bonds is 7. The second kappa shape index (κ2) is 8.22. The van der Waals surface area contributed by atoms with Crippen molar-refractivity contribution < 1.29 is 13.6 Å². The molecule has 0 saturated carbocycles. The Labute approximate surface area is 133 Å². The normalized spacial score (nSPS) is 10.4. The standard InChI is InChI=1S/C17H19F2N3O/c1-2-8-21-17(23)13-4-6-16(22-11-13)20-9-7-12-3-5-14(18)10-15(12)19/h3-6,10-11H,2,7-9H2,1H3,(H,20,22)(H,21,23). The van der Waals surface area contributed by atoms with Gasteiger partial charge in [0.2, 0.25) is 0 Å². The smallest absolute Gasteiger partial charge is 0.252 e. The van der Waals surface area contributed by atoms with Crippen LogP contribution in [0.25, 0.3) is 0 Å². The predicted molar refractivity (Wildman–Crippen MR) is 85.4 cm³/mol. The second-order valence-corrected chi connectivity index (χ2v) is 5.10. The first kappa shape index (κ1) is 16.9. The molecule has 0 bridgehead atoms. The SMILES string of the molecule is CCCNC(=O)c1ccc(NCCc2ccc(F)cc2F)nc1. The number of carbonyl (C=O) groups excluding carboxylic acids is 1. The molecule has 0 fully saturated rings. The van der Waals surface area contributed by atoms with E-state index < -0.39 is 11.6 Å². The summed E-state index contributed by atoms with van der Waals surface area (Å²) in [5, 5.41) is 5.81. The zero-order valence-electron chi connectivity index (χ0n) is 12.9. The Morgan fingerprint density at radius 2 is 2.00 bits per heavy atom. The number of carbonyl (C=O) groups is 1. The second-order valence-electron chi connectivity index (χ2n) is 5.10. The van der Waals surface area contributed by atoms with Crippen molar-refractivity contribution in [1.29, 1.82) is 0 Å². The number of nitrogens with one attached hydrogen (secondary N) is 2. The number of anilines is 1. The summed E-state index contributed by atoms with van der Waals surface area (Å²) in [5.74, 6) is -0.695. The summed E-state index contributed by atoms with van der Waals surface area (Å²) in [6, 6.07) is 6.92. The fraction of sp³-hybridized carbons (Fsp3) is 0.294. The van der Waals surface area contributed by atoms with Crippen LogP contribution >= 0.6 is 0 Å². The maximum absolute atomic E-state index is 13.5. The Bertz CT molecular complexity index is 659. The van der Waals surface area contributed by atoms with Gasteiger partial charge in [0.1, 0.15) is 17.5 Å². The Hall–Kier alpha value is -2.50. The molecule has 0 aliphatic rings. The lowest BCUT2D eigenvalue weighted by atomic mass is 10.1. The van der Waals surface area contributed by atoms with E-state index in [-0.39, 0.29) is 5.91 Å². The number of nitrogens with zero attached hydrogens (tertiary/aromatic N) is 1. The van der Waals surface area contributed by atoms with E-state index in [0.717, 1.165) is 12.5 Å². The summed E-state index contributed by atoms with van der Waals surface area (Å²) in [7, 11) is 0. The monoisotopic (exact) mass is 319 g/mol. The quantitative estimate of drug-likeness (QED) is 0.824. The van der Waals surface area contributed by atoms with E-state index in [1.807, 2.05) is 6.92 Å². The highest BCUT2D eigenvalue weighted by atomic mass is 19.1. The number of aromatic nitrogens is 1. The van der Waals surface area contributed by atoms with Crippen molar-refractivity contribution in [1.82, 2.24) is 10.3 Å². The Morgan fingerprint density at radius 3 is 2.65 bits per heavy atom. The van der Waals surface area contributed by atoms with Crippen molar-refractivity contribution in [3.8, 4) is 0 Å². The van der Waals surface area contributed by atoms with E-state index in [0.29, 0.717) is 36.5 Å². The van der Waals surface area contributed by atoms with Crippen LogP contribution in [0.15, 0.2) is 36.5 Å². The molecule has 0 radical (unpaired) electrons. The molecule has 0 saturated heterocycles. The molecule has 23 heavy (non-hydrogen) atoms. The molecular weight excluding hydrogens is 300 g/mol. The first-order valence-corrected chi connectivity index (χ1v) is 7.52. The Morgan fingerprint density at radius 1 is 1.17 bits per heavy atom.